The Morgan fingerprint density at radius 1 is 1.00 bits per heavy atom. The van der Waals surface area contributed by atoms with E-state index >= 15 is 0 Å². The molecule has 4 aromatic rings. The van der Waals surface area contributed by atoms with E-state index in [1.54, 1.807) is 0 Å². The van der Waals surface area contributed by atoms with Gasteiger partial charge < -0.3 is 18.8 Å². The molecule has 1 aromatic heterocycles. The predicted octanol–water partition coefficient (Wildman–Crippen LogP) is 5.95. The molecule has 0 spiro atoms. The van der Waals surface area contributed by atoms with Crippen LogP contribution in [0.1, 0.15) is 22.3 Å². The first-order chi connectivity index (χ1) is 16.3. The molecule has 0 amide bonds. The maximum atomic E-state index is 12.9. The number of alkyl halides is 3. The number of fused-ring (bicyclic) bond motifs is 3. The average molecular weight is 467 g/mol. The molecule has 0 saturated heterocycles. The van der Waals surface area contributed by atoms with E-state index in [4.69, 9.17) is 9.15 Å². The number of anilines is 1. The summed E-state index contributed by atoms with van der Waals surface area (Å²) in [5, 5.41) is 0.823. The van der Waals surface area contributed by atoms with E-state index in [0.29, 0.717) is 41.1 Å². The van der Waals surface area contributed by atoms with Gasteiger partial charge in [-0.25, -0.2) is 4.79 Å². The fourth-order valence-corrected chi connectivity index (χ4v) is 4.19. The summed E-state index contributed by atoms with van der Waals surface area (Å²) in [6.07, 6.45) is -4.28. The molecule has 34 heavy (non-hydrogen) atoms. The lowest BCUT2D eigenvalue weighted by molar-refractivity contribution is -0.274. The molecule has 3 aromatic carbocycles. The van der Waals surface area contributed by atoms with Gasteiger partial charge in [-0.15, -0.1) is 13.2 Å². The molecule has 2 heterocycles. The lowest BCUT2D eigenvalue weighted by atomic mass is 9.97. The Morgan fingerprint density at radius 2 is 1.74 bits per heavy atom. The quantitative estimate of drug-likeness (QED) is 0.348. The van der Waals surface area contributed by atoms with Crippen LogP contribution in [0.3, 0.4) is 0 Å². The molecule has 5 rings (SSSR count). The van der Waals surface area contributed by atoms with Gasteiger partial charge in [0.15, 0.2) is 6.73 Å². The standard InChI is InChI=1S/C26H20F3NO4/c1-16-20-11-12-23-22(24(20)33-25(31)21(16)13-17-5-3-2-4-6-17)14-30(15-32-23)18-7-9-19(10-8-18)34-26(27,28)29/h2-12H,13-15H2,1H3. The largest absolute Gasteiger partial charge is 0.573 e. The molecule has 0 unspecified atom stereocenters. The van der Waals surface area contributed by atoms with Crippen LogP contribution < -0.4 is 20.0 Å². The summed E-state index contributed by atoms with van der Waals surface area (Å²) in [6.45, 7) is 2.48. The molecule has 0 bridgehead atoms. The van der Waals surface area contributed by atoms with E-state index in [0.717, 1.165) is 16.5 Å². The summed E-state index contributed by atoms with van der Waals surface area (Å²) < 4.78 is 52.9. The normalized spacial score (nSPS) is 13.5. The SMILES string of the molecule is Cc1c(Cc2ccccc2)c(=O)oc2c3c(ccc12)OCN(c1ccc(OC(F)(F)F)cc1)C3. The fraction of sp³-hybridized carbons (Fsp3) is 0.192. The summed E-state index contributed by atoms with van der Waals surface area (Å²) >= 11 is 0. The van der Waals surface area contributed by atoms with Crippen molar-refractivity contribution in [2.45, 2.75) is 26.3 Å². The van der Waals surface area contributed by atoms with Crippen molar-refractivity contribution in [1.29, 1.82) is 0 Å². The molecular weight excluding hydrogens is 447 g/mol. The molecule has 8 heteroatoms. The Bertz CT molecular complexity index is 1400. The van der Waals surface area contributed by atoms with Gasteiger partial charge in [0, 0.05) is 23.1 Å². The summed E-state index contributed by atoms with van der Waals surface area (Å²) in [5.41, 5.74) is 3.90. The van der Waals surface area contributed by atoms with Crippen molar-refractivity contribution < 1.29 is 27.1 Å². The Balaban J connectivity index is 1.47. The van der Waals surface area contributed by atoms with Crippen molar-refractivity contribution in [2.24, 2.45) is 0 Å². The lowest BCUT2D eigenvalue weighted by Gasteiger charge is -2.31. The highest BCUT2D eigenvalue weighted by atomic mass is 19.4. The number of aryl methyl sites for hydroxylation is 1. The van der Waals surface area contributed by atoms with Crippen molar-refractivity contribution in [3.63, 3.8) is 0 Å². The van der Waals surface area contributed by atoms with Crippen LogP contribution in [0.25, 0.3) is 11.0 Å². The van der Waals surface area contributed by atoms with Crippen LogP contribution in [0.4, 0.5) is 18.9 Å². The molecule has 1 aliphatic rings. The van der Waals surface area contributed by atoms with Crippen molar-refractivity contribution in [1.82, 2.24) is 0 Å². The van der Waals surface area contributed by atoms with Crippen LogP contribution >= 0.6 is 0 Å². The Hall–Kier alpha value is -3.94. The van der Waals surface area contributed by atoms with E-state index in [1.165, 1.54) is 24.3 Å². The Labute approximate surface area is 192 Å². The number of nitrogens with zero attached hydrogens (tertiary/aromatic N) is 1. The molecule has 1 aliphatic heterocycles. The van der Waals surface area contributed by atoms with Gasteiger partial charge in [-0.3, -0.25) is 0 Å². The highest BCUT2D eigenvalue weighted by molar-refractivity contribution is 5.86. The summed E-state index contributed by atoms with van der Waals surface area (Å²) in [5.74, 6) is 0.312. The summed E-state index contributed by atoms with van der Waals surface area (Å²) in [7, 11) is 0. The van der Waals surface area contributed by atoms with Gasteiger partial charge in [-0.05, 0) is 54.4 Å². The van der Waals surface area contributed by atoms with E-state index in [9.17, 15) is 18.0 Å². The smallest absolute Gasteiger partial charge is 0.473 e. The number of benzene rings is 3. The number of ether oxygens (including phenoxy) is 2. The zero-order valence-corrected chi connectivity index (χ0v) is 18.2. The molecule has 0 saturated carbocycles. The first kappa shape index (κ1) is 21.9. The van der Waals surface area contributed by atoms with E-state index in [1.807, 2.05) is 54.3 Å². The van der Waals surface area contributed by atoms with Crippen molar-refractivity contribution >= 4 is 16.7 Å². The Kier molecular flexibility index (Phi) is 5.43. The molecule has 0 aliphatic carbocycles. The van der Waals surface area contributed by atoms with E-state index in [-0.39, 0.29) is 12.5 Å². The van der Waals surface area contributed by atoms with Gasteiger partial charge in [0.25, 0.3) is 0 Å². The fourth-order valence-electron chi connectivity index (χ4n) is 4.19. The molecule has 0 atom stereocenters. The molecule has 0 N–H and O–H groups in total. The molecule has 0 fully saturated rings. The third-order valence-corrected chi connectivity index (χ3v) is 5.90. The van der Waals surface area contributed by atoms with Crippen molar-refractivity contribution in [3.8, 4) is 11.5 Å². The molecule has 174 valence electrons. The summed E-state index contributed by atoms with van der Waals surface area (Å²) in [4.78, 5) is 14.8. The van der Waals surface area contributed by atoms with Gasteiger partial charge in [0.2, 0.25) is 0 Å². The number of hydrogen-bond acceptors (Lipinski definition) is 5. The van der Waals surface area contributed by atoms with Crippen LogP contribution in [-0.2, 0) is 13.0 Å². The predicted molar refractivity (Wildman–Crippen MR) is 121 cm³/mol. The minimum absolute atomic E-state index is 0.202. The third kappa shape index (κ3) is 4.31. The van der Waals surface area contributed by atoms with Gasteiger partial charge in [-0.1, -0.05) is 30.3 Å². The number of rotatable bonds is 4. The van der Waals surface area contributed by atoms with Crippen LogP contribution in [0.15, 0.2) is 75.9 Å². The van der Waals surface area contributed by atoms with Gasteiger partial charge in [-0.2, -0.15) is 0 Å². The highest BCUT2D eigenvalue weighted by Gasteiger charge is 2.31. The monoisotopic (exact) mass is 467 g/mol. The first-order valence-corrected chi connectivity index (χ1v) is 10.6. The van der Waals surface area contributed by atoms with Crippen molar-refractivity contribution in [2.75, 3.05) is 11.6 Å². The third-order valence-electron chi connectivity index (χ3n) is 5.90. The van der Waals surface area contributed by atoms with Crippen LogP contribution in [0.5, 0.6) is 11.5 Å². The Morgan fingerprint density at radius 3 is 2.44 bits per heavy atom. The molecule has 0 radical (unpaired) electrons. The van der Waals surface area contributed by atoms with Gasteiger partial charge in [0.1, 0.15) is 17.1 Å². The zero-order valence-electron chi connectivity index (χ0n) is 18.2. The maximum Gasteiger partial charge on any atom is 0.573 e. The van der Waals surface area contributed by atoms with Gasteiger partial charge >= 0.3 is 12.0 Å². The molecule has 5 nitrogen and oxygen atoms in total. The maximum absolute atomic E-state index is 12.9. The lowest BCUT2D eigenvalue weighted by Crippen LogP contribution is -2.32. The minimum atomic E-state index is -4.75. The average Bonchev–Trinajstić information content (AvgIpc) is 2.81. The topological polar surface area (TPSA) is 51.9 Å². The number of halogens is 3. The van der Waals surface area contributed by atoms with Gasteiger partial charge in [0.05, 0.1) is 12.1 Å². The second-order valence-electron chi connectivity index (χ2n) is 8.09. The minimum Gasteiger partial charge on any atom is -0.473 e. The first-order valence-electron chi connectivity index (χ1n) is 10.6. The van der Waals surface area contributed by atoms with E-state index < -0.39 is 12.0 Å². The van der Waals surface area contributed by atoms with Crippen LogP contribution in [0.2, 0.25) is 0 Å². The second-order valence-corrected chi connectivity index (χ2v) is 8.09. The zero-order chi connectivity index (χ0) is 23.9. The molecular formula is C26H20F3NO4. The highest BCUT2D eigenvalue weighted by Crippen LogP contribution is 2.36. The summed E-state index contributed by atoms with van der Waals surface area (Å²) in [6, 6.07) is 19.0. The van der Waals surface area contributed by atoms with Crippen LogP contribution in [0, 0.1) is 6.92 Å². The van der Waals surface area contributed by atoms with Crippen LogP contribution in [-0.4, -0.2) is 13.1 Å². The van der Waals surface area contributed by atoms with E-state index in [2.05, 4.69) is 4.74 Å². The second kappa shape index (κ2) is 8.44. The van der Waals surface area contributed by atoms with Crippen molar-refractivity contribution in [3.05, 3.63) is 99.4 Å². The number of hydrogen-bond donors (Lipinski definition) is 0.